The Morgan fingerprint density at radius 3 is 2.51 bits per heavy atom. The van der Waals surface area contributed by atoms with Crippen molar-refractivity contribution in [2.45, 2.75) is 63.0 Å². The highest BCUT2D eigenvalue weighted by Crippen LogP contribution is 2.54. The van der Waals surface area contributed by atoms with E-state index in [0.29, 0.717) is 41.6 Å². The molecule has 0 aromatic heterocycles. The van der Waals surface area contributed by atoms with Crippen molar-refractivity contribution in [2.24, 2.45) is 5.41 Å². The standard InChI is InChI=1S/C29H31F4N5O/c1-36(17-34)25(35)24(30)28(7-8-28)19-3-2-4-20(13-19)38-15-22-21(26(38)39)11-18(12-23(22)29(31,32)33)14-37-10-9-27(16-37)5-6-27/h2-4,11-13,17,24,34-35H,5-10,14-16H2,1H3/t24-/m1/s1. The van der Waals surface area contributed by atoms with Gasteiger partial charge in [-0.2, -0.15) is 13.2 Å². The van der Waals surface area contributed by atoms with E-state index in [9.17, 15) is 18.0 Å². The summed E-state index contributed by atoms with van der Waals surface area (Å²) in [6.45, 7) is 1.92. The van der Waals surface area contributed by atoms with Crippen LogP contribution in [0.5, 0.6) is 0 Å². The quantitative estimate of drug-likeness (QED) is 0.267. The van der Waals surface area contributed by atoms with Crippen molar-refractivity contribution < 1.29 is 22.4 Å². The van der Waals surface area contributed by atoms with E-state index in [1.807, 2.05) is 0 Å². The van der Waals surface area contributed by atoms with Gasteiger partial charge in [0.05, 0.1) is 18.4 Å². The van der Waals surface area contributed by atoms with Gasteiger partial charge < -0.3 is 9.80 Å². The molecule has 4 aliphatic rings. The number of nitrogens with one attached hydrogen (secondary N) is 2. The fourth-order valence-corrected chi connectivity index (χ4v) is 6.34. The zero-order chi connectivity index (χ0) is 27.7. The summed E-state index contributed by atoms with van der Waals surface area (Å²) in [5, 5.41) is 15.4. The molecule has 1 saturated heterocycles. The number of fused-ring (bicyclic) bond motifs is 1. The van der Waals surface area contributed by atoms with E-state index < -0.39 is 29.2 Å². The number of nitrogens with zero attached hydrogens (tertiary/aromatic N) is 3. The molecule has 1 atom stereocenters. The summed E-state index contributed by atoms with van der Waals surface area (Å²) in [6.07, 6.45) is -0.934. The second-order valence-electron chi connectivity index (χ2n) is 11.7. The van der Waals surface area contributed by atoms with E-state index in [4.69, 9.17) is 10.8 Å². The number of anilines is 1. The summed E-state index contributed by atoms with van der Waals surface area (Å²) < 4.78 is 58.0. The maximum Gasteiger partial charge on any atom is 0.416 e. The fraction of sp³-hybridized carbons (Fsp3) is 0.483. The van der Waals surface area contributed by atoms with Crippen LogP contribution in [-0.4, -0.2) is 54.2 Å². The van der Waals surface area contributed by atoms with Crippen molar-refractivity contribution in [1.29, 1.82) is 10.8 Å². The Hall–Kier alpha value is -3.27. The lowest BCUT2D eigenvalue weighted by atomic mass is 9.89. The van der Waals surface area contributed by atoms with Crippen LogP contribution >= 0.6 is 0 Å². The molecule has 2 aliphatic carbocycles. The first-order chi connectivity index (χ1) is 18.5. The normalized spacial score (nSPS) is 21.7. The lowest BCUT2D eigenvalue weighted by molar-refractivity contribution is -0.138. The molecule has 0 bridgehead atoms. The summed E-state index contributed by atoms with van der Waals surface area (Å²) in [4.78, 5) is 18.2. The maximum atomic E-state index is 15.4. The molecule has 2 aliphatic heterocycles. The van der Waals surface area contributed by atoms with Gasteiger partial charge in [-0.05, 0) is 85.0 Å². The van der Waals surface area contributed by atoms with E-state index in [1.165, 1.54) is 30.9 Å². The van der Waals surface area contributed by atoms with Gasteiger partial charge in [0.1, 0.15) is 5.84 Å². The van der Waals surface area contributed by atoms with Gasteiger partial charge in [0.25, 0.3) is 5.91 Å². The van der Waals surface area contributed by atoms with E-state index >= 15 is 4.39 Å². The third kappa shape index (κ3) is 4.42. The van der Waals surface area contributed by atoms with Gasteiger partial charge in [0.2, 0.25) is 0 Å². The number of benzene rings is 2. The minimum atomic E-state index is -4.60. The average molecular weight is 542 g/mol. The molecule has 2 N–H and O–H groups in total. The van der Waals surface area contributed by atoms with Crippen LogP contribution in [0.4, 0.5) is 23.2 Å². The van der Waals surface area contributed by atoms with Crippen LogP contribution in [0.2, 0.25) is 0 Å². The number of likely N-dealkylation sites (tertiary alicyclic amines) is 1. The topological polar surface area (TPSA) is 74.5 Å². The summed E-state index contributed by atoms with van der Waals surface area (Å²) >= 11 is 0. The van der Waals surface area contributed by atoms with E-state index in [0.717, 1.165) is 30.7 Å². The van der Waals surface area contributed by atoms with Gasteiger partial charge in [0, 0.05) is 36.8 Å². The SMILES string of the molecule is CN(C=N)C(=N)[C@@H](F)C1(c2cccc(N3Cc4c(cc(CN5CCC6(CC6)C5)cc4C(F)(F)F)C3=O)c2)CC1. The van der Waals surface area contributed by atoms with Crippen LogP contribution < -0.4 is 4.90 Å². The molecule has 2 aromatic rings. The highest BCUT2D eigenvalue weighted by atomic mass is 19.4. The highest BCUT2D eigenvalue weighted by Gasteiger charge is 2.54. The minimum absolute atomic E-state index is 0.0272. The molecule has 2 aromatic carbocycles. The van der Waals surface area contributed by atoms with Crippen LogP contribution in [0.15, 0.2) is 36.4 Å². The van der Waals surface area contributed by atoms with Crippen LogP contribution in [0, 0.1) is 16.2 Å². The molecule has 39 heavy (non-hydrogen) atoms. The number of carbonyl (C=O) groups is 1. The van der Waals surface area contributed by atoms with Crippen molar-refractivity contribution in [3.8, 4) is 0 Å². The maximum absolute atomic E-state index is 15.4. The summed E-state index contributed by atoms with van der Waals surface area (Å²) in [6, 6.07) is 9.53. The number of hydrogen-bond donors (Lipinski definition) is 2. The molecule has 6 rings (SSSR count). The summed E-state index contributed by atoms with van der Waals surface area (Å²) in [5.74, 6) is -0.821. The third-order valence-electron chi connectivity index (χ3n) is 9.11. The molecular formula is C29H31F4N5O. The van der Waals surface area contributed by atoms with Gasteiger partial charge in [0.15, 0.2) is 6.17 Å². The Balaban J connectivity index is 1.29. The van der Waals surface area contributed by atoms with Gasteiger partial charge in [-0.15, -0.1) is 0 Å². The summed E-state index contributed by atoms with van der Waals surface area (Å²) in [5.41, 5.74) is 0.181. The molecule has 10 heteroatoms. The molecule has 0 radical (unpaired) electrons. The van der Waals surface area contributed by atoms with Crippen LogP contribution in [0.3, 0.4) is 0 Å². The molecule has 1 spiro atoms. The predicted molar refractivity (Wildman–Crippen MR) is 140 cm³/mol. The lowest BCUT2D eigenvalue weighted by Gasteiger charge is -2.26. The molecule has 6 nitrogen and oxygen atoms in total. The fourth-order valence-electron chi connectivity index (χ4n) is 6.34. The highest BCUT2D eigenvalue weighted by molar-refractivity contribution is 6.10. The van der Waals surface area contributed by atoms with Crippen LogP contribution in [0.25, 0.3) is 0 Å². The second-order valence-corrected chi connectivity index (χ2v) is 11.7. The molecule has 2 heterocycles. The van der Waals surface area contributed by atoms with Crippen molar-refractivity contribution in [1.82, 2.24) is 9.80 Å². The lowest BCUT2D eigenvalue weighted by Crippen LogP contribution is -2.39. The predicted octanol–water partition coefficient (Wildman–Crippen LogP) is 5.74. The Bertz CT molecular complexity index is 1360. The van der Waals surface area contributed by atoms with E-state index in [1.54, 1.807) is 30.3 Å². The Kier molecular flexibility index (Phi) is 5.91. The van der Waals surface area contributed by atoms with Gasteiger partial charge >= 0.3 is 6.18 Å². The second kappa shape index (κ2) is 8.87. The number of amides is 1. The monoisotopic (exact) mass is 541 g/mol. The minimum Gasteiger partial charge on any atom is -0.322 e. The number of rotatable bonds is 7. The Labute approximate surface area is 224 Å². The first-order valence-electron chi connectivity index (χ1n) is 13.3. The smallest absolute Gasteiger partial charge is 0.322 e. The first kappa shape index (κ1) is 26.0. The van der Waals surface area contributed by atoms with Crippen molar-refractivity contribution >= 4 is 23.8 Å². The van der Waals surface area contributed by atoms with Gasteiger partial charge in [-0.25, -0.2) is 4.39 Å². The van der Waals surface area contributed by atoms with E-state index in [-0.39, 0.29) is 23.5 Å². The van der Waals surface area contributed by atoms with Gasteiger partial charge in [-0.1, -0.05) is 12.1 Å². The molecule has 206 valence electrons. The molecule has 2 saturated carbocycles. The number of amidine groups is 1. The average Bonchev–Trinajstić information content (AvgIpc) is 3.81. The number of carbonyl (C=O) groups excluding carboxylic acids is 1. The summed E-state index contributed by atoms with van der Waals surface area (Å²) in [7, 11) is 1.44. The molecular weight excluding hydrogens is 510 g/mol. The van der Waals surface area contributed by atoms with Crippen LogP contribution in [0.1, 0.15) is 64.7 Å². The number of alkyl halides is 4. The number of halogens is 4. The Morgan fingerprint density at radius 1 is 1.15 bits per heavy atom. The zero-order valence-corrected chi connectivity index (χ0v) is 21.7. The first-order valence-corrected chi connectivity index (χ1v) is 13.3. The molecule has 3 fully saturated rings. The molecule has 1 amide bonds. The van der Waals surface area contributed by atoms with E-state index in [2.05, 4.69) is 4.90 Å². The van der Waals surface area contributed by atoms with Crippen molar-refractivity contribution in [3.63, 3.8) is 0 Å². The van der Waals surface area contributed by atoms with Crippen LogP contribution in [-0.2, 0) is 24.7 Å². The van der Waals surface area contributed by atoms with Gasteiger partial charge in [-0.3, -0.25) is 20.5 Å². The largest absolute Gasteiger partial charge is 0.416 e. The van der Waals surface area contributed by atoms with Crippen molar-refractivity contribution in [3.05, 3.63) is 64.2 Å². The number of hydrogen-bond acceptors (Lipinski definition) is 4. The van der Waals surface area contributed by atoms with Crippen molar-refractivity contribution in [2.75, 3.05) is 25.0 Å². The third-order valence-corrected chi connectivity index (χ3v) is 9.11. The Morgan fingerprint density at radius 2 is 1.90 bits per heavy atom. The zero-order valence-electron chi connectivity index (χ0n) is 21.7. The molecule has 0 unspecified atom stereocenters.